The van der Waals surface area contributed by atoms with Crippen molar-refractivity contribution in [2.24, 2.45) is 0 Å². The molecule has 2 aromatic rings. The highest BCUT2D eigenvalue weighted by Gasteiger charge is 2.31. The average molecular weight is 309 g/mol. The molecule has 0 aliphatic carbocycles. The third kappa shape index (κ3) is 2.95. The lowest BCUT2D eigenvalue weighted by Gasteiger charge is -2.25. The number of aromatic nitrogens is 2. The molecule has 2 unspecified atom stereocenters. The molecule has 1 fully saturated rings. The van der Waals surface area contributed by atoms with Crippen LogP contribution in [0.25, 0.3) is 0 Å². The zero-order valence-corrected chi connectivity index (χ0v) is 12.9. The molecule has 3 rings (SSSR count). The van der Waals surface area contributed by atoms with Crippen LogP contribution in [0.5, 0.6) is 0 Å². The van der Waals surface area contributed by atoms with Gasteiger partial charge in [0.1, 0.15) is 0 Å². The summed E-state index contributed by atoms with van der Waals surface area (Å²) < 4.78 is 8.18. The minimum absolute atomic E-state index is 0.375. The van der Waals surface area contributed by atoms with Crippen molar-refractivity contribution in [3.8, 4) is 0 Å². The molecular weight excluding hydrogens is 292 g/mol. The summed E-state index contributed by atoms with van der Waals surface area (Å²) in [6.07, 6.45) is 1.10. The largest absolute Gasteiger partial charge is 0.362 e. The lowest BCUT2D eigenvalue weighted by atomic mass is 10.1. The second-order valence-corrected chi connectivity index (χ2v) is 6.03. The molecule has 0 amide bonds. The fourth-order valence-corrected chi connectivity index (χ4v) is 3.34. The highest BCUT2D eigenvalue weighted by molar-refractivity contribution is 6.99. The quantitative estimate of drug-likeness (QED) is 0.941. The van der Waals surface area contributed by atoms with Crippen molar-refractivity contribution in [3.05, 3.63) is 41.0 Å². The molecule has 1 aliphatic heterocycles. The van der Waals surface area contributed by atoms with Crippen LogP contribution >= 0.6 is 23.3 Å². The lowest BCUT2D eigenvalue weighted by molar-refractivity contribution is 0.255. The first-order valence-electron chi connectivity index (χ1n) is 6.76. The number of benzene rings is 1. The summed E-state index contributed by atoms with van der Waals surface area (Å²) in [6, 6.07) is 11.4. The lowest BCUT2D eigenvalue weighted by Crippen LogP contribution is -2.35. The first-order chi connectivity index (χ1) is 9.74. The molecule has 106 valence electrons. The van der Waals surface area contributed by atoms with E-state index >= 15 is 0 Å². The fraction of sp³-hybridized carbons (Fsp3) is 0.429. The topological polar surface area (TPSA) is 41.1 Å². The molecule has 4 nitrogen and oxygen atoms in total. The summed E-state index contributed by atoms with van der Waals surface area (Å²) in [7, 11) is 0. The normalized spacial score (nSPS) is 23.1. The number of hydrogen-bond acceptors (Lipinski definition) is 5. The summed E-state index contributed by atoms with van der Waals surface area (Å²) in [5.74, 6) is 0.718. The fourth-order valence-electron chi connectivity index (χ4n) is 2.68. The van der Waals surface area contributed by atoms with Crippen molar-refractivity contribution in [1.29, 1.82) is 0 Å². The van der Waals surface area contributed by atoms with Gasteiger partial charge >= 0.3 is 0 Å². The maximum Gasteiger partial charge on any atom is 0.186 e. The van der Waals surface area contributed by atoms with E-state index in [0.29, 0.717) is 17.2 Å². The van der Waals surface area contributed by atoms with Crippen LogP contribution in [0.2, 0.25) is 5.15 Å². The maximum absolute atomic E-state index is 5.99. The number of halogens is 1. The van der Waals surface area contributed by atoms with Gasteiger partial charge < -0.3 is 5.32 Å². The number of nitrogens with one attached hydrogen (secondary N) is 1. The number of anilines is 1. The molecule has 1 aromatic carbocycles. The maximum atomic E-state index is 5.99. The molecule has 1 N–H and O–H groups in total. The molecule has 1 aliphatic rings. The van der Waals surface area contributed by atoms with Crippen molar-refractivity contribution in [2.45, 2.75) is 32.0 Å². The average Bonchev–Trinajstić information content (AvgIpc) is 3.01. The smallest absolute Gasteiger partial charge is 0.186 e. The van der Waals surface area contributed by atoms with Gasteiger partial charge in [-0.05, 0) is 18.9 Å². The van der Waals surface area contributed by atoms with Crippen molar-refractivity contribution in [2.75, 3.05) is 11.9 Å². The third-order valence-corrected chi connectivity index (χ3v) is 4.78. The number of likely N-dealkylation sites (tertiary alicyclic amines) is 1. The molecule has 0 radical (unpaired) electrons. The monoisotopic (exact) mass is 308 g/mol. The highest BCUT2D eigenvalue weighted by atomic mass is 35.5. The van der Waals surface area contributed by atoms with Gasteiger partial charge in [0.05, 0.1) is 11.7 Å². The molecule has 0 saturated carbocycles. The van der Waals surface area contributed by atoms with Gasteiger partial charge in [0.25, 0.3) is 0 Å². The van der Waals surface area contributed by atoms with Crippen LogP contribution in [0.3, 0.4) is 0 Å². The van der Waals surface area contributed by atoms with E-state index in [0.717, 1.165) is 37.1 Å². The molecular formula is C14H17ClN4S. The van der Waals surface area contributed by atoms with Crippen molar-refractivity contribution >= 4 is 29.1 Å². The second-order valence-electron chi connectivity index (χ2n) is 5.14. The molecule has 6 heteroatoms. The van der Waals surface area contributed by atoms with Gasteiger partial charge in [-0.2, -0.15) is 8.75 Å². The van der Waals surface area contributed by atoms with E-state index in [4.69, 9.17) is 11.6 Å². The van der Waals surface area contributed by atoms with Gasteiger partial charge in [0.2, 0.25) is 0 Å². The van der Waals surface area contributed by atoms with Crippen LogP contribution in [0.1, 0.15) is 18.9 Å². The van der Waals surface area contributed by atoms with Crippen LogP contribution in [0.15, 0.2) is 30.3 Å². The summed E-state index contributed by atoms with van der Waals surface area (Å²) >= 11 is 7.14. The predicted molar refractivity (Wildman–Crippen MR) is 83.3 cm³/mol. The van der Waals surface area contributed by atoms with Crippen LogP contribution in [0.4, 0.5) is 5.82 Å². The number of nitrogens with zero attached hydrogens (tertiary/aromatic N) is 3. The summed E-state index contributed by atoms with van der Waals surface area (Å²) in [6.45, 7) is 4.33. The van der Waals surface area contributed by atoms with E-state index in [1.54, 1.807) is 0 Å². The minimum atomic E-state index is 0.375. The number of hydrogen-bond donors (Lipinski definition) is 1. The molecule has 1 saturated heterocycles. The first kappa shape index (κ1) is 13.8. The predicted octanol–water partition coefficient (Wildman–Crippen LogP) is 3.27. The Morgan fingerprint density at radius 3 is 2.85 bits per heavy atom. The van der Waals surface area contributed by atoms with Gasteiger partial charge in [0, 0.05) is 25.2 Å². The molecule has 0 bridgehead atoms. The molecule has 0 spiro atoms. The zero-order chi connectivity index (χ0) is 13.9. The van der Waals surface area contributed by atoms with E-state index in [1.165, 1.54) is 5.56 Å². The number of rotatable bonds is 4. The standard InChI is InChI=1S/C14H17ClN4S/c1-10-12(16-14-13(15)17-20-18-14)7-8-19(10)9-11-5-3-2-4-6-11/h2-6,10,12H,7-9H2,1H3,(H,16,18). The van der Waals surface area contributed by atoms with Crippen LogP contribution in [0, 0.1) is 0 Å². The van der Waals surface area contributed by atoms with Crippen molar-refractivity contribution < 1.29 is 0 Å². The van der Waals surface area contributed by atoms with E-state index in [2.05, 4.69) is 56.2 Å². The Morgan fingerprint density at radius 2 is 2.15 bits per heavy atom. The molecule has 2 atom stereocenters. The summed E-state index contributed by atoms with van der Waals surface area (Å²) in [5, 5.41) is 3.89. The van der Waals surface area contributed by atoms with Crippen molar-refractivity contribution in [1.82, 2.24) is 13.6 Å². The minimum Gasteiger partial charge on any atom is -0.362 e. The van der Waals surface area contributed by atoms with Gasteiger partial charge in [-0.3, -0.25) is 4.90 Å². The Bertz CT molecular complexity index is 559. The van der Waals surface area contributed by atoms with Crippen LogP contribution in [-0.4, -0.2) is 32.3 Å². The second kappa shape index (κ2) is 6.08. The first-order valence-corrected chi connectivity index (χ1v) is 7.87. The summed E-state index contributed by atoms with van der Waals surface area (Å²) in [4.78, 5) is 2.49. The molecule has 1 aromatic heterocycles. The zero-order valence-electron chi connectivity index (χ0n) is 11.3. The van der Waals surface area contributed by atoms with E-state index < -0.39 is 0 Å². The summed E-state index contributed by atoms with van der Waals surface area (Å²) in [5.41, 5.74) is 1.35. The van der Waals surface area contributed by atoms with E-state index in [-0.39, 0.29) is 0 Å². The van der Waals surface area contributed by atoms with E-state index in [9.17, 15) is 0 Å². The Balaban J connectivity index is 1.62. The van der Waals surface area contributed by atoms with Gasteiger partial charge in [-0.1, -0.05) is 41.9 Å². The van der Waals surface area contributed by atoms with Crippen LogP contribution in [-0.2, 0) is 6.54 Å². The SMILES string of the molecule is CC1C(Nc2nsnc2Cl)CCN1Cc1ccccc1. The van der Waals surface area contributed by atoms with Crippen molar-refractivity contribution in [3.63, 3.8) is 0 Å². The Kier molecular flexibility index (Phi) is 4.19. The van der Waals surface area contributed by atoms with Gasteiger partial charge in [-0.25, -0.2) is 0 Å². The third-order valence-electron chi connectivity index (χ3n) is 3.88. The Labute approximate surface area is 128 Å². The molecule has 20 heavy (non-hydrogen) atoms. The van der Waals surface area contributed by atoms with Crippen LogP contribution < -0.4 is 5.32 Å². The Hall–Kier alpha value is -1.17. The highest BCUT2D eigenvalue weighted by Crippen LogP contribution is 2.26. The van der Waals surface area contributed by atoms with Gasteiger partial charge in [-0.15, -0.1) is 0 Å². The molecule has 2 heterocycles. The van der Waals surface area contributed by atoms with E-state index in [1.807, 2.05) is 0 Å². The van der Waals surface area contributed by atoms with Gasteiger partial charge in [0.15, 0.2) is 11.0 Å². The Morgan fingerprint density at radius 1 is 1.35 bits per heavy atom.